The van der Waals surface area contributed by atoms with Crippen LogP contribution in [0.5, 0.6) is 0 Å². The molecule has 1 aliphatic carbocycles. The lowest BCUT2D eigenvalue weighted by Gasteiger charge is -2.11. The molecule has 2 aliphatic rings. The highest BCUT2D eigenvalue weighted by atomic mass is 16.5. The zero-order chi connectivity index (χ0) is 18.8. The van der Waals surface area contributed by atoms with E-state index in [1.165, 1.54) is 0 Å². The third-order valence-electron chi connectivity index (χ3n) is 5.19. The Kier molecular flexibility index (Phi) is 4.90. The third-order valence-corrected chi connectivity index (χ3v) is 5.19. The smallest absolute Gasteiger partial charge is 0.269 e. The summed E-state index contributed by atoms with van der Waals surface area (Å²) in [4.78, 5) is 29.5. The molecule has 0 radical (unpaired) electrons. The lowest BCUT2D eigenvalue weighted by Crippen LogP contribution is -2.31. The molecular weight excluding hydrogens is 342 g/mol. The number of hydrogen-bond donors (Lipinski definition) is 2. The molecule has 1 aliphatic heterocycles. The van der Waals surface area contributed by atoms with E-state index >= 15 is 0 Å². The van der Waals surface area contributed by atoms with Crippen LogP contribution >= 0.6 is 0 Å². The fraction of sp³-hybridized carbons (Fsp3) is 0.381. The Bertz CT molecular complexity index is 843. The van der Waals surface area contributed by atoms with Crippen LogP contribution in [0, 0.1) is 11.8 Å². The molecule has 140 valence electrons. The van der Waals surface area contributed by atoms with E-state index in [0.717, 1.165) is 18.8 Å². The normalized spacial score (nSPS) is 22.8. The first-order valence-electron chi connectivity index (χ1n) is 9.37. The van der Waals surface area contributed by atoms with Gasteiger partial charge in [-0.1, -0.05) is 30.3 Å². The number of rotatable bonds is 6. The lowest BCUT2D eigenvalue weighted by atomic mass is 10.1. The number of ether oxygens (including phenoxy) is 1. The minimum absolute atomic E-state index is 0.156. The third kappa shape index (κ3) is 3.85. The number of benzene rings is 1. The van der Waals surface area contributed by atoms with Gasteiger partial charge in [-0.3, -0.25) is 9.59 Å². The first kappa shape index (κ1) is 17.7. The molecular formula is C21H23N3O3. The molecule has 1 aromatic heterocycles. The summed E-state index contributed by atoms with van der Waals surface area (Å²) in [6.07, 6.45) is 0.566. The summed E-state index contributed by atoms with van der Waals surface area (Å²) in [6, 6.07) is 13.4. The van der Waals surface area contributed by atoms with Crippen molar-refractivity contribution in [2.75, 3.05) is 19.8 Å². The zero-order valence-electron chi connectivity index (χ0n) is 15.3. The molecule has 0 spiro atoms. The molecule has 1 aromatic carbocycles. The van der Waals surface area contributed by atoms with Crippen LogP contribution in [0.15, 0.2) is 42.5 Å². The minimum Gasteiger partial charge on any atom is -0.381 e. The molecule has 2 unspecified atom stereocenters. The lowest BCUT2D eigenvalue weighted by molar-refractivity contribution is 0.0928. The predicted octanol–water partition coefficient (Wildman–Crippen LogP) is 1.80. The molecule has 4 rings (SSSR count). The van der Waals surface area contributed by atoms with Gasteiger partial charge in [0.05, 0.1) is 13.2 Å². The van der Waals surface area contributed by atoms with Crippen LogP contribution in [0.3, 0.4) is 0 Å². The van der Waals surface area contributed by atoms with Gasteiger partial charge in [-0.15, -0.1) is 0 Å². The maximum absolute atomic E-state index is 12.8. The number of hydrogen-bond acceptors (Lipinski definition) is 4. The Morgan fingerprint density at radius 2 is 1.85 bits per heavy atom. The SMILES string of the molecule is CCNC(=O)c1cc(C(=O)NC2C3COC[C@H]32)cc(Cc2ccccc2)n1. The monoisotopic (exact) mass is 365 g/mol. The van der Waals surface area contributed by atoms with Gasteiger partial charge < -0.3 is 15.4 Å². The van der Waals surface area contributed by atoms with Crippen LogP contribution in [0.4, 0.5) is 0 Å². The summed E-state index contributed by atoms with van der Waals surface area (Å²) >= 11 is 0. The van der Waals surface area contributed by atoms with Gasteiger partial charge in [0, 0.05) is 42.1 Å². The fourth-order valence-corrected chi connectivity index (χ4v) is 3.67. The van der Waals surface area contributed by atoms with Gasteiger partial charge in [-0.2, -0.15) is 0 Å². The van der Waals surface area contributed by atoms with Crippen molar-refractivity contribution in [3.63, 3.8) is 0 Å². The average Bonchev–Trinajstić information content (AvgIpc) is 3.10. The number of nitrogens with zero attached hydrogens (tertiary/aromatic N) is 1. The Morgan fingerprint density at radius 3 is 2.56 bits per heavy atom. The van der Waals surface area contributed by atoms with Crippen LogP contribution in [-0.4, -0.2) is 42.6 Å². The van der Waals surface area contributed by atoms with Gasteiger partial charge in [-0.05, 0) is 24.6 Å². The highest BCUT2D eigenvalue weighted by Gasteiger charge is 2.54. The molecule has 6 nitrogen and oxygen atoms in total. The Balaban J connectivity index is 1.57. The summed E-state index contributed by atoms with van der Waals surface area (Å²) in [5, 5.41) is 5.84. The molecule has 1 saturated heterocycles. The quantitative estimate of drug-likeness (QED) is 0.818. The highest BCUT2D eigenvalue weighted by Crippen LogP contribution is 2.44. The number of carbonyl (C=O) groups is 2. The Labute approximate surface area is 158 Å². The molecule has 3 atom stereocenters. The zero-order valence-corrected chi connectivity index (χ0v) is 15.3. The Morgan fingerprint density at radius 1 is 1.11 bits per heavy atom. The van der Waals surface area contributed by atoms with Crippen LogP contribution in [0.1, 0.15) is 39.0 Å². The van der Waals surface area contributed by atoms with E-state index in [4.69, 9.17) is 4.74 Å². The maximum Gasteiger partial charge on any atom is 0.269 e. The summed E-state index contributed by atoms with van der Waals surface area (Å²) in [5.74, 6) is 0.444. The van der Waals surface area contributed by atoms with Crippen molar-refractivity contribution in [1.82, 2.24) is 15.6 Å². The number of carbonyl (C=O) groups excluding carboxylic acids is 2. The predicted molar refractivity (Wildman–Crippen MR) is 101 cm³/mol. The van der Waals surface area contributed by atoms with Crippen molar-refractivity contribution in [2.24, 2.45) is 11.8 Å². The number of nitrogens with one attached hydrogen (secondary N) is 2. The van der Waals surface area contributed by atoms with Gasteiger partial charge in [0.1, 0.15) is 5.69 Å². The molecule has 1 saturated carbocycles. The van der Waals surface area contributed by atoms with Crippen molar-refractivity contribution in [1.29, 1.82) is 0 Å². The van der Waals surface area contributed by atoms with E-state index in [2.05, 4.69) is 15.6 Å². The van der Waals surface area contributed by atoms with E-state index in [9.17, 15) is 9.59 Å². The van der Waals surface area contributed by atoms with E-state index in [-0.39, 0.29) is 23.6 Å². The van der Waals surface area contributed by atoms with Crippen molar-refractivity contribution in [2.45, 2.75) is 19.4 Å². The second kappa shape index (κ2) is 7.48. The van der Waals surface area contributed by atoms with Crippen molar-refractivity contribution < 1.29 is 14.3 Å². The summed E-state index contributed by atoms with van der Waals surface area (Å²) in [6.45, 7) is 3.80. The number of pyridine rings is 1. The second-order valence-electron chi connectivity index (χ2n) is 7.12. The van der Waals surface area contributed by atoms with Gasteiger partial charge >= 0.3 is 0 Å². The van der Waals surface area contributed by atoms with Crippen molar-refractivity contribution in [3.8, 4) is 0 Å². The molecule has 2 heterocycles. The molecule has 27 heavy (non-hydrogen) atoms. The van der Waals surface area contributed by atoms with Gasteiger partial charge in [-0.25, -0.2) is 4.98 Å². The fourth-order valence-electron chi connectivity index (χ4n) is 3.67. The van der Waals surface area contributed by atoms with Crippen LogP contribution < -0.4 is 10.6 Å². The minimum atomic E-state index is -0.266. The standard InChI is InChI=1S/C21H23N3O3/c1-2-22-21(26)18-10-14(20(25)24-19-16-11-27-12-17(16)19)9-15(23-18)8-13-6-4-3-5-7-13/h3-7,9-10,16-17,19H,2,8,11-12H2,1H3,(H,22,26)(H,24,25)/t16-,17?,19?/m1/s1. The largest absolute Gasteiger partial charge is 0.381 e. The number of fused-ring (bicyclic) bond motifs is 1. The molecule has 2 amide bonds. The van der Waals surface area contributed by atoms with Crippen LogP contribution in [0.2, 0.25) is 0 Å². The topological polar surface area (TPSA) is 80.3 Å². The van der Waals surface area contributed by atoms with Gasteiger partial charge in [0.25, 0.3) is 11.8 Å². The molecule has 0 bridgehead atoms. The van der Waals surface area contributed by atoms with E-state index in [0.29, 0.717) is 36.1 Å². The average molecular weight is 365 g/mol. The van der Waals surface area contributed by atoms with Crippen molar-refractivity contribution in [3.05, 3.63) is 65.0 Å². The molecule has 2 fully saturated rings. The maximum atomic E-state index is 12.8. The number of aromatic nitrogens is 1. The van der Waals surface area contributed by atoms with Gasteiger partial charge in [0.15, 0.2) is 0 Å². The summed E-state index contributed by atoms with van der Waals surface area (Å²) in [5.41, 5.74) is 2.53. The van der Waals surface area contributed by atoms with E-state index < -0.39 is 0 Å². The second-order valence-corrected chi connectivity index (χ2v) is 7.12. The van der Waals surface area contributed by atoms with Crippen molar-refractivity contribution >= 4 is 11.8 Å². The highest BCUT2D eigenvalue weighted by molar-refractivity contribution is 5.99. The van der Waals surface area contributed by atoms with Gasteiger partial charge in [0.2, 0.25) is 0 Å². The Hall–Kier alpha value is -2.73. The molecule has 2 N–H and O–H groups in total. The first-order chi connectivity index (χ1) is 13.2. The van der Waals surface area contributed by atoms with Crippen LogP contribution in [0.25, 0.3) is 0 Å². The first-order valence-corrected chi connectivity index (χ1v) is 9.37. The van der Waals surface area contributed by atoms with E-state index in [1.807, 2.05) is 37.3 Å². The van der Waals surface area contributed by atoms with E-state index in [1.54, 1.807) is 12.1 Å². The van der Waals surface area contributed by atoms with Crippen LogP contribution in [-0.2, 0) is 11.2 Å². The molecule has 2 aromatic rings. The molecule has 6 heteroatoms. The summed E-state index contributed by atoms with van der Waals surface area (Å²) < 4.78 is 5.37. The summed E-state index contributed by atoms with van der Waals surface area (Å²) in [7, 11) is 0. The number of amides is 2.